The van der Waals surface area contributed by atoms with Crippen molar-refractivity contribution in [3.63, 3.8) is 0 Å². The topological polar surface area (TPSA) is 78.4 Å². The average molecular weight is 260 g/mol. The molecular weight excluding hydrogens is 240 g/mol. The number of carbonyl (C=O) groups is 2. The number of hydrogen-bond acceptors (Lipinski definition) is 5. The predicted octanol–water partition coefficient (Wildman–Crippen LogP) is 0.821. The molecule has 0 aliphatic carbocycles. The number of aliphatic carboxylic acids is 1. The van der Waals surface area contributed by atoms with Crippen LogP contribution in [0.2, 0.25) is 0 Å². The first kappa shape index (κ1) is 16.1. The number of nitrogens with one attached hydrogen (secondary N) is 2. The molecule has 0 aliphatic rings. The summed E-state index contributed by atoms with van der Waals surface area (Å²) in [4.78, 5) is 21.1. The number of rotatable bonds is 11. The molecule has 0 bridgehead atoms. The minimum atomic E-state index is -0.902. The van der Waals surface area contributed by atoms with Crippen molar-refractivity contribution < 1.29 is 14.7 Å². The molecule has 17 heavy (non-hydrogen) atoms. The molecule has 0 radical (unpaired) electrons. The van der Waals surface area contributed by atoms with E-state index in [4.69, 9.17) is 5.11 Å². The molecule has 2 atom stereocenters. The van der Waals surface area contributed by atoms with Gasteiger partial charge < -0.3 is 9.90 Å². The van der Waals surface area contributed by atoms with Crippen molar-refractivity contribution >= 4 is 24.0 Å². The van der Waals surface area contributed by atoms with Gasteiger partial charge in [-0.1, -0.05) is 6.08 Å². The molecule has 3 N–H and O–H groups in total. The molecule has 0 aliphatic heterocycles. The highest BCUT2D eigenvalue weighted by atomic mass is 32.2. The van der Waals surface area contributed by atoms with Crippen LogP contribution in [-0.4, -0.2) is 41.5 Å². The Bertz CT molecular complexity index is 249. The first-order chi connectivity index (χ1) is 8.13. The monoisotopic (exact) mass is 260 g/mol. The highest BCUT2D eigenvalue weighted by Gasteiger charge is 2.10. The minimum Gasteiger partial charge on any atom is -0.481 e. The van der Waals surface area contributed by atoms with Crippen molar-refractivity contribution in [2.45, 2.75) is 31.3 Å². The van der Waals surface area contributed by atoms with Crippen molar-refractivity contribution in [2.24, 2.45) is 0 Å². The fourth-order valence-electron chi connectivity index (χ4n) is 1.16. The summed E-state index contributed by atoms with van der Waals surface area (Å²) in [6, 6.07) is -0.405. The standard InChI is InChI=1S/C11H20N2O3S/c1-3-9(6-7-17-2)12-13-10(8-14)4-5-11(15)16/h3,8-10,12-13H,1,4-7H2,2H3,(H,15,16)/t9-,10+/m1/s1. The third kappa shape index (κ3) is 8.91. The summed E-state index contributed by atoms with van der Waals surface area (Å²) in [6.07, 6.45) is 5.66. The third-order valence-corrected chi connectivity index (χ3v) is 2.85. The van der Waals surface area contributed by atoms with Gasteiger partial charge in [0.2, 0.25) is 0 Å². The second-order valence-corrected chi connectivity index (χ2v) is 4.57. The number of carboxylic acid groups (broad SMARTS) is 1. The average Bonchev–Trinajstić information content (AvgIpc) is 2.32. The number of carboxylic acids is 1. The van der Waals surface area contributed by atoms with Crippen LogP contribution < -0.4 is 10.9 Å². The van der Waals surface area contributed by atoms with E-state index in [0.29, 0.717) is 6.29 Å². The lowest BCUT2D eigenvalue weighted by molar-refractivity contribution is -0.137. The minimum absolute atomic E-state index is 0.0261. The number of hydrogen-bond donors (Lipinski definition) is 3. The molecule has 0 fully saturated rings. The number of aldehydes is 1. The van der Waals surface area contributed by atoms with Gasteiger partial charge in [-0.2, -0.15) is 11.8 Å². The molecule has 0 aromatic rings. The van der Waals surface area contributed by atoms with Crippen LogP contribution in [0.4, 0.5) is 0 Å². The Kier molecular flexibility index (Phi) is 9.80. The fraction of sp³-hybridized carbons (Fsp3) is 0.636. The van der Waals surface area contributed by atoms with Crippen molar-refractivity contribution in [2.75, 3.05) is 12.0 Å². The van der Waals surface area contributed by atoms with E-state index in [1.807, 2.05) is 6.26 Å². The number of hydrazine groups is 1. The zero-order valence-corrected chi connectivity index (χ0v) is 10.8. The van der Waals surface area contributed by atoms with Crippen LogP contribution in [0, 0.1) is 0 Å². The second kappa shape index (κ2) is 10.3. The summed E-state index contributed by atoms with van der Waals surface area (Å²) in [6.45, 7) is 3.70. The summed E-state index contributed by atoms with van der Waals surface area (Å²) >= 11 is 1.74. The van der Waals surface area contributed by atoms with Gasteiger partial charge in [0, 0.05) is 12.5 Å². The van der Waals surface area contributed by atoms with Crippen LogP contribution >= 0.6 is 11.8 Å². The van der Waals surface area contributed by atoms with E-state index in [1.165, 1.54) is 0 Å². The Balaban J connectivity index is 3.89. The summed E-state index contributed by atoms with van der Waals surface area (Å²) < 4.78 is 0. The van der Waals surface area contributed by atoms with Crippen LogP contribution in [-0.2, 0) is 9.59 Å². The first-order valence-corrected chi connectivity index (χ1v) is 6.83. The Labute approximate surface area is 106 Å². The van der Waals surface area contributed by atoms with Crippen LogP contribution in [0.25, 0.3) is 0 Å². The summed E-state index contributed by atoms with van der Waals surface area (Å²) in [5.74, 6) is 0.0907. The molecule has 0 spiro atoms. The molecule has 0 saturated carbocycles. The Morgan fingerprint density at radius 1 is 1.41 bits per heavy atom. The van der Waals surface area contributed by atoms with Gasteiger partial charge in [0.25, 0.3) is 0 Å². The van der Waals surface area contributed by atoms with Crippen LogP contribution in [0.5, 0.6) is 0 Å². The van der Waals surface area contributed by atoms with Crippen molar-refractivity contribution in [3.8, 4) is 0 Å². The molecule has 0 heterocycles. The van der Waals surface area contributed by atoms with Crippen LogP contribution in [0.15, 0.2) is 12.7 Å². The van der Waals surface area contributed by atoms with E-state index in [9.17, 15) is 9.59 Å². The van der Waals surface area contributed by atoms with Crippen molar-refractivity contribution in [1.29, 1.82) is 0 Å². The Morgan fingerprint density at radius 2 is 2.06 bits per heavy atom. The predicted molar refractivity (Wildman–Crippen MR) is 70.0 cm³/mol. The van der Waals surface area contributed by atoms with Crippen LogP contribution in [0.1, 0.15) is 19.3 Å². The van der Waals surface area contributed by atoms with Gasteiger partial charge in [0.15, 0.2) is 0 Å². The molecule has 6 heteroatoms. The number of carbonyl (C=O) groups excluding carboxylic acids is 1. The van der Waals surface area contributed by atoms with Gasteiger partial charge in [0.1, 0.15) is 6.29 Å². The normalized spacial score (nSPS) is 13.9. The summed E-state index contributed by atoms with van der Waals surface area (Å²) in [7, 11) is 0. The maximum atomic E-state index is 10.7. The largest absolute Gasteiger partial charge is 0.481 e. The van der Waals surface area contributed by atoms with E-state index < -0.39 is 12.0 Å². The smallest absolute Gasteiger partial charge is 0.303 e. The molecule has 0 unspecified atom stereocenters. The zero-order chi connectivity index (χ0) is 13.1. The van der Waals surface area contributed by atoms with E-state index in [1.54, 1.807) is 17.8 Å². The maximum absolute atomic E-state index is 10.7. The third-order valence-electron chi connectivity index (χ3n) is 2.21. The van der Waals surface area contributed by atoms with Crippen molar-refractivity contribution in [3.05, 3.63) is 12.7 Å². The zero-order valence-electron chi connectivity index (χ0n) is 10.0. The van der Waals surface area contributed by atoms with Crippen LogP contribution in [0.3, 0.4) is 0 Å². The van der Waals surface area contributed by atoms with Gasteiger partial charge in [-0.25, -0.2) is 5.43 Å². The molecule has 0 aromatic carbocycles. The quantitative estimate of drug-likeness (QED) is 0.290. The molecule has 5 nitrogen and oxygen atoms in total. The second-order valence-electron chi connectivity index (χ2n) is 3.59. The van der Waals surface area contributed by atoms with Crippen molar-refractivity contribution in [1.82, 2.24) is 10.9 Å². The first-order valence-electron chi connectivity index (χ1n) is 5.43. The van der Waals surface area contributed by atoms with Gasteiger partial charge in [-0.05, 0) is 24.9 Å². The molecule has 98 valence electrons. The SMILES string of the molecule is C=C[C@H](CCSC)NN[C@H](C=O)CCC(=O)O. The van der Waals surface area contributed by atoms with Gasteiger partial charge in [0.05, 0.1) is 6.04 Å². The number of thioether (sulfide) groups is 1. The fourth-order valence-corrected chi connectivity index (χ4v) is 1.65. The molecular formula is C11H20N2O3S. The lowest BCUT2D eigenvalue weighted by Gasteiger charge is -2.18. The molecule has 0 rings (SSSR count). The van der Waals surface area contributed by atoms with Gasteiger partial charge in [-0.3, -0.25) is 10.2 Å². The lowest BCUT2D eigenvalue weighted by Crippen LogP contribution is -2.47. The molecule has 0 saturated heterocycles. The highest BCUT2D eigenvalue weighted by Crippen LogP contribution is 2.01. The Hall–Kier alpha value is -0.850. The van der Waals surface area contributed by atoms with E-state index in [-0.39, 0.29) is 18.9 Å². The van der Waals surface area contributed by atoms with E-state index in [2.05, 4.69) is 17.4 Å². The Morgan fingerprint density at radius 3 is 2.53 bits per heavy atom. The summed E-state index contributed by atoms with van der Waals surface area (Å²) in [5, 5.41) is 8.51. The van der Waals surface area contributed by atoms with E-state index in [0.717, 1.165) is 12.2 Å². The highest BCUT2D eigenvalue weighted by molar-refractivity contribution is 7.98. The molecule has 0 amide bonds. The van der Waals surface area contributed by atoms with Gasteiger partial charge >= 0.3 is 5.97 Å². The van der Waals surface area contributed by atoms with Gasteiger partial charge in [-0.15, -0.1) is 6.58 Å². The lowest BCUT2D eigenvalue weighted by atomic mass is 10.2. The maximum Gasteiger partial charge on any atom is 0.303 e. The van der Waals surface area contributed by atoms with E-state index >= 15 is 0 Å². The molecule has 0 aromatic heterocycles. The summed E-state index contributed by atoms with van der Waals surface area (Å²) in [5.41, 5.74) is 5.80.